The third-order valence-electron chi connectivity index (χ3n) is 3.88. The quantitative estimate of drug-likeness (QED) is 0.869. The summed E-state index contributed by atoms with van der Waals surface area (Å²) in [5.74, 6) is 3.27. The van der Waals surface area contributed by atoms with Crippen LogP contribution in [0.4, 0.5) is 0 Å². The van der Waals surface area contributed by atoms with Crippen LogP contribution in [0.2, 0.25) is 0 Å². The van der Waals surface area contributed by atoms with Crippen LogP contribution in [0.3, 0.4) is 0 Å². The van der Waals surface area contributed by atoms with Gasteiger partial charge in [0.05, 0.1) is 0 Å². The number of rotatable bonds is 2. The molecule has 0 bridgehead atoms. The predicted octanol–water partition coefficient (Wildman–Crippen LogP) is 3.73. The van der Waals surface area contributed by atoms with E-state index in [9.17, 15) is 0 Å². The highest BCUT2D eigenvalue weighted by molar-refractivity contribution is 7.98. The minimum atomic E-state index is 0.322. The summed E-state index contributed by atoms with van der Waals surface area (Å²) in [5, 5.41) is 0. The van der Waals surface area contributed by atoms with E-state index in [2.05, 4.69) is 17.8 Å². The zero-order chi connectivity index (χ0) is 11.0. The number of thiophene rings is 1. The molecule has 16 heavy (non-hydrogen) atoms. The molecule has 0 radical (unpaired) electrons. The summed E-state index contributed by atoms with van der Waals surface area (Å²) < 4.78 is 0. The lowest BCUT2D eigenvalue weighted by atomic mass is 9.97. The molecule has 88 valence electrons. The van der Waals surface area contributed by atoms with Gasteiger partial charge in [-0.2, -0.15) is 11.8 Å². The van der Waals surface area contributed by atoms with E-state index in [4.69, 9.17) is 5.73 Å². The lowest BCUT2D eigenvalue weighted by Gasteiger charge is -2.16. The highest BCUT2D eigenvalue weighted by atomic mass is 32.2. The highest BCUT2D eigenvalue weighted by Gasteiger charge is 2.25. The van der Waals surface area contributed by atoms with Crippen LogP contribution < -0.4 is 5.73 Å². The van der Waals surface area contributed by atoms with Gasteiger partial charge in [0.25, 0.3) is 0 Å². The first-order valence-electron chi connectivity index (χ1n) is 6.29. The minimum absolute atomic E-state index is 0.322. The molecule has 1 saturated carbocycles. The maximum absolute atomic E-state index is 6.42. The Morgan fingerprint density at radius 1 is 1.31 bits per heavy atom. The van der Waals surface area contributed by atoms with E-state index < -0.39 is 0 Å². The maximum atomic E-state index is 6.42. The van der Waals surface area contributed by atoms with Crippen molar-refractivity contribution < 1.29 is 0 Å². The van der Waals surface area contributed by atoms with Crippen molar-refractivity contribution >= 4 is 23.1 Å². The summed E-state index contributed by atoms with van der Waals surface area (Å²) in [5.41, 5.74) is 7.99. The van der Waals surface area contributed by atoms with E-state index in [1.54, 1.807) is 10.4 Å². The van der Waals surface area contributed by atoms with Gasteiger partial charge in [-0.1, -0.05) is 12.8 Å². The van der Waals surface area contributed by atoms with Gasteiger partial charge in [0.1, 0.15) is 0 Å². The number of aryl methyl sites for hydroxylation is 1. The molecule has 0 spiro atoms. The first kappa shape index (κ1) is 11.1. The van der Waals surface area contributed by atoms with E-state index in [0.717, 1.165) is 5.92 Å². The van der Waals surface area contributed by atoms with Crippen molar-refractivity contribution in [3.63, 3.8) is 0 Å². The Morgan fingerprint density at radius 2 is 2.12 bits per heavy atom. The second-order valence-corrected chi connectivity index (χ2v) is 7.24. The summed E-state index contributed by atoms with van der Waals surface area (Å²) in [6.45, 7) is 0. The van der Waals surface area contributed by atoms with Crippen molar-refractivity contribution in [3.8, 4) is 0 Å². The van der Waals surface area contributed by atoms with Crippen molar-refractivity contribution in [2.75, 3.05) is 5.75 Å². The van der Waals surface area contributed by atoms with Gasteiger partial charge < -0.3 is 5.73 Å². The SMILES string of the molecule is NC(c1cc2c(s1)CCSC2)C1CCCC1. The van der Waals surface area contributed by atoms with Crippen LogP contribution >= 0.6 is 23.1 Å². The van der Waals surface area contributed by atoms with Crippen LogP contribution in [0.5, 0.6) is 0 Å². The van der Waals surface area contributed by atoms with E-state index in [0.29, 0.717) is 6.04 Å². The predicted molar refractivity (Wildman–Crippen MR) is 73.1 cm³/mol. The fourth-order valence-electron chi connectivity index (χ4n) is 2.88. The molecule has 2 N–H and O–H groups in total. The van der Waals surface area contributed by atoms with Crippen molar-refractivity contribution in [2.45, 2.75) is 43.9 Å². The Morgan fingerprint density at radius 3 is 2.88 bits per heavy atom. The van der Waals surface area contributed by atoms with Gasteiger partial charge in [-0.05, 0) is 42.6 Å². The Hall–Kier alpha value is 0.01000. The molecule has 1 fully saturated rings. The Bertz CT molecular complexity index is 343. The zero-order valence-electron chi connectivity index (χ0n) is 9.58. The van der Waals surface area contributed by atoms with Crippen molar-refractivity contribution in [1.29, 1.82) is 0 Å². The molecule has 3 heteroatoms. The normalized spacial score (nSPS) is 23.3. The van der Waals surface area contributed by atoms with Gasteiger partial charge in [-0.15, -0.1) is 11.3 Å². The van der Waals surface area contributed by atoms with Crippen LogP contribution in [0.1, 0.15) is 47.0 Å². The molecule has 3 rings (SSSR count). The minimum Gasteiger partial charge on any atom is -0.323 e. The van der Waals surface area contributed by atoms with Gasteiger partial charge >= 0.3 is 0 Å². The van der Waals surface area contributed by atoms with Crippen molar-refractivity contribution in [2.24, 2.45) is 11.7 Å². The first-order valence-corrected chi connectivity index (χ1v) is 8.26. The molecule has 1 nitrogen and oxygen atoms in total. The second-order valence-electron chi connectivity index (χ2n) is 4.97. The Labute approximate surface area is 106 Å². The molecule has 1 unspecified atom stereocenters. The molecular weight excluding hydrogens is 234 g/mol. The van der Waals surface area contributed by atoms with E-state index in [1.165, 1.54) is 48.5 Å². The topological polar surface area (TPSA) is 26.0 Å². The molecule has 1 aliphatic carbocycles. The van der Waals surface area contributed by atoms with E-state index in [1.807, 2.05) is 11.3 Å². The van der Waals surface area contributed by atoms with Gasteiger partial charge in [0.15, 0.2) is 0 Å². The summed E-state index contributed by atoms with van der Waals surface area (Å²) in [7, 11) is 0. The van der Waals surface area contributed by atoms with E-state index >= 15 is 0 Å². The zero-order valence-corrected chi connectivity index (χ0v) is 11.2. The van der Waals surface area contributed by atoms with Crippen LogP contribution in [-0.2, 0) is 12.2 Å². The first-order chi connectivity index (χ1) is 7.84. The number of nitrogens with two attached hydrogens (primary N) is 1. The maximum Gasteiger partial charge on any atom is 0.0418 e. The number of hydrogen-bond acceptors (Lipinski definition) is 3. The average molecular weight is 253 g/mol. The molecule has 2 heterocycles. The van der Waals surface area contributed by atoms with Gasteiger partial charge in [-0.3, -0.25) is 0 Å². The Kier molecular flexibility index (Phi) is 3.27. The molecule has 1 aromatic heterocycles. The Balaban J connectivity index is 1.80. The molecule has 0 amide bonds. The van der Waals surface area contributed by atoms with Crippen LogP contribution in [0.15, 0.2) is 6.07 Å². The van der Waals surface area contributed by atoms with Crippen molar-refractivity contribution in [3.05, 3.63) is 21.4 Å². The standard InChI is InChI=1S/C13H19NS2/c14-13(9-3-1-2-4-9)12-7-10-8-15-6-5-11(10)16-12/h7,9,13H,1-6,8,14H2. The van der Waals surface area contributed by atoms with Gasteiger partial charge in [-0.25, -0.2) is 0 Å². The number of thioether (sulfide) groups is 1. The molecule has 1 atom stereocenters. The van der Waals surface area contributed by atoms with Crippen LogP contribution in [0.25, 0.3) is 0 Å². The molecule has 1 aliphatic heterocycles. The smallest absolute Gasteiger partial charge is 0.0418 e. The summed E-state index contributed by atoms with van der Waals surface area (Å²) >= 11 is 4.05. The monoisotopic (exact) mass is 253 g/mol. The lowest BCUT2D eigenvalue weighted by Crippen LogP contribution is -2.17. The fraction of sp³-hybridized carbons (Fsp3) is 0.692. The fourth-order valence-corrected chi connectivity index (χ4v) is 5.35. The third kappa shape index (κ3) is 2.05. The van der Waals surface area contributed by atoms with Crippen LogP contribution in [0, 0.1) is 5.92 Å². The second kappa shape index (κ2) is 4.71. The summed E-state index contributed by atoms with van der Waals surface area (Å²) in [6, 6.07) is 2.72. The van der Waals surface area contributed by atoms with Crippen LogP contribution in [-0.4, -0.2) is 5.75 Å². The highest BCUT2D eigenvalue weighted by Crippen LogP contribution is 2.40. The molecular formula is C13H19NS2. The molecule has 2 aliphatic rings. The molecule has 0 aromatic carbocycles. The largest absolute Gasteiger partial charge is 0.323 e. The van der Waals surface area contributed by atoms with Gasteiger partial charge in [0.2, 0.25) is 0 Å². The molecule has 0 saturated heterocycles. The summed E-state index contributed by atoms with van der Waals surface area (Å²) in [6.07, 6.45) is 6.73. The van der Waals surface area contributed by atoms with E-state index in [-0.39, 0.29) is 0 Å². The number of hydrogen-bond donors (Lipinski definition) is 1. The summed E-state index contributed by atoms with van der Waals surface area (Å²) in [4.78, 5) is 3.07. The van der Waals surface area contributed by atoms with Crippen molar-refractivity contribution in [1.82, 2.24) is 0 Å². The van der Waals surface area contributed by atoms with Gasteiger partial charge in [0, 0.05) is 21.5 Å². The number of fused-ring (bicyclic) bond motifs is 1. The lowest BCUT2D eigenvalue weighted by molar-refractivity contribution is 0.450. The third-order valence-corrected chi connectivity index (χ3v) is 6.23. The molecule has 1 aromatic rings. The average Bonchev–Trinajstić information content (AvgIpc) is 2.97.